The first-order chi connectivity index (χ1) is 5.09. The molecule has 1 heterocycles. The highest BCUT2D eigenvalue weighted by Gasteiger charge is 2.11. The number of aromatic nitrogens is 2. The van der Waals surface area contributed by atoms with E-state index in [0.717, 1.165) is 0 Å². The standard InChI is InChI=1S/C6H5BrF2N2/c1-3-2-4(7)11-6(10-3)5(8)9/h2,5H,1H3. The highest BCUT2D eigenvalue weighted by atomic mass is 79.9. The fourth-order valence-electron chi connectivity index (χ4n) is 0.650. The molecule has 1 aromatic heterocycles. The molecule has 11 heavy (non-hydrogen) atoms. The highest BCUT2D eigenvalue weighted by Crippen LogP contribution is 2.16. The van der Waals surface area contributed by atoms with E-state index in [4.69, 9.17) is 0 Å². The number of alkyl halides is 2. The molecule has 60 valence electrons. The molecule has 0 saturated heterocycles. The molecule has 5 heteroatoms. The van der Waals surface area contributed by atoms with Crippen molar-refractivity contribution < 1.29 is 8.78 Å². The molecule has 0 unspecified atom stereocenters. The van der Waals surface area contributed by atoms with E-state index in [1.54, 1.807) is 13.0 Å². The van der Waals surface area contributed by atoms with Crippen LogP contribution in [0.2, 0.25) is 0 Å². The molecule has 1 aromatic rings. The molecule has 0 N–H and O–H groups in total. The molecule has 1 rings (SSSR count). The highest BCUT2D eigenvalue weighted by molar-refractivity contribution is 9.10. The van der Waals surface area contributed by atoms with E-state index >= 15 is 0 Å². The zero-order chi connectivity index (χ0) is 8.43. The second kappa shape index (κ2) is 3.21. The second-order valence-corrected chi connectivity index (χ2v) is 2.80. The number of aryl methyl sites for hydroxylation is 1. The summed E-state index contributed by atoms with van der Waals surface area (Å²) >= 11 is 3.00. The van der Waals surface area contributed by atoms with Gasteiger partial charge in [-0.1, -0.05) is 0 Å². The summed E-state index contributed by atoms with van der Waals surface area (Å²) in [5, 5.41) is 0. The van der Waals surface area contributed by atoms with Crippen LogP contribution in [-0.2, 0) is 0 Å². The van der Waals surface area contributed by atoms with Gasteiger partial charge in [0.2, 0.25) is 0 Å². The van der Waals surface area contributed by atoms with E-state index in [0.29, 0.717) is 10.3 Å². The quantitative estimate of drug-likeness (QED) is 0.683. The third kappa shape index (κ3) is 2.18. The summed E-state index contributed by atoms with van der Waals surface area (Å²) in [5.41, 5.74) is 0.530. The predicted molar refractivity (Wildman–Crippen MR) is 39.4 cm³/mol. The average molecular weight is 223 g/mol. The number of halogens is 3. The van der Waals surface area contributed by atoms with E-state index in [1.165, 1.54) is 0 Å². The van der Waals surface area contributed by atoms with Gasteiger partial charge in [0.05, 0.1) is 0 Å². The van der Waals surface area contributed by atoms with Gasteiger partial charge in [0.1, 0.15) is 4.60 Å². The summed E-state index contributed by atoms with van der Waals surface area (Å²) in [7, 11) is 0. The number of hydrogen-bond acceptors (Lipinski definition) is 2. The summed E-state index contributed by atoms with van der Waals surface area (Å²) in [6.45, 7) is 1.64. The normalized spacial score (nSPS) is 10.6. The van der Waals surface area contributed by atoms with Crippen molar-refractivity contribution in [1.82, 2.24) is 9.97 Å². The van der Waals surface area contributed by atoms with Gasteiger partial charge in [-0.25, -0.2) is 18.7 Å². The van der Waals surface area contributed by atoms with Crippen LogP contribution in [0.15, 0.2) is 10.7 Å². The van der Waals surface area contributed by atoms with Crippen molar-refractivity contribution in [3.8, 4) is 0 Å². The molecular formula is C6H5BrF2N2. The minimum Gasteiger partial charge on any atom is -0.233 e. The first-order valence-electron chi connectivity index (χ1n) is 2.89. The monoisotopic (exact) mass is 222 g/mol. The van der Waals surface area contributed by atoms with Crippen molar-refractivity contribution in [2.75, 3.05) is 0 Å². The first-order valence-corrected chi connectivity index (χ1v) is 3.68. The Morgan fingerprint density at radius 1 is 1.45 bits per heavy atom. The Balaban J connectivity index is 3.08. The van der Waals surface area contributed by atoms with Crippen LogP contribution < -0.4 is 0 Å². The molecule has 0 bridgehead atoms. The summed E-state index contributed by atoms with van der Waals surface area (Å²) in [6.07, 6.45) is -2.61. The zero-order valence-corrected chi connectivity index (χ0v) is 7.27. The van der Waals surface area contributed by atoms with Gasteiger partial charge in [-0.15, -0.1) is 0 Å². The summed E-state index contributed by atoms with van der Waals surface area (Å²) in [5.74, 6) is -0.433. The van der Waals surface area contributed by atoms with E-state index < -0.39 is 12.2 Å². The third-order valence-electron chi connectivity index (χ3n) is 1.04. The lowest BCUT2D eigenvalue weighted by Gasteiger charge is -1.99. The Bertz CT molecular complexity index is 245. The van der Waals surface area contributed by atoms with E-state index in [2.05, 4.69) is 25.9 Å². The van der Waals surface area contributed by atoms with Crippen LogP contribution in [0.5, 0.6) is 0 Å². The Kier molecular flexibility index (Phi) is 2.49. The van der Waals surface area contributed by atoms with E-state index in [-0.39, 0.29) is 0 Å². The minimum atomic E-state index is -2.61. The number of nitrogens with zero attached hydrogens (tertiary/aromatic N) is 2. The smallest absolute Gasteiger partial charge is 0.233 e. The molecule has 0 fully saturated rings. The molecule has 0 radical (unpaired) electrons. The fraction of sp³-hybridized carbons (Fsp3) is 0.333. The maximum absolute atomic E-state index is 12.0. The van der Waals surface area contributed by atoms with Crippen molar-refractivity contribution in [3.63, 3.8) is 0 Å². The lowest BCUT2D eigenvalue weighted by Crippen LogP contribution is -1.97. The van der Waals surface area contributed by atoms with Crippen LogP contribution in [0.3, 0.4) is 0 Å². The van der Waals surface area contributed by atoms with Crippen molar-refractivity contribution >= 4 is 15.9 Å². The summed E-state index contributed by atoms with van der Waals surface area (Å²) in [4.78, 5) is 7.03. The van der Waals surface area contributed by atoms with E-state index in [9.17, 15) is 8.78 Å². The Morgan fingerprint density at radius 3 is 2.55 bits per heavy atom. The van der Waals surface area contributed by atoms with Gasteiger partial charge in [0.25, 0.3) is 6.43 Å². The van der Waals surface area contributed by atoms with Gasteiger partial charge in [-0.2, -0.15) is 0 Å². The van der Waals surface area contributed by atoms with Gasteiger partial charge >= 0.3 is 0 Å². The molecule has 0 saturated carbocycles. The topological polar surface area (TPSA) is 25.8 Å². The summed E-state index contributed by atoms with van der Waals surface area (Å²) < 4.78 is 24.4. The Labute approximate surface area is 70.8 Å². The number of rotatable bonds is 1. The largest absolute Gasteiger partial charge is 0.297 e. The van der Waals surface area contributed by atoms with Crippen LogP contribution >= 0.6 is 15.9 Å². The minimum absolute atomic E-state index is 0.389. The van der Waals surface area contributed by atoms with Crippen LogP contribution in [-0.4, -0.2) is 9.97 Å². The first kappa shape index (κ1) is 8.52. The van der Waals surface area contributed by atoms with Crippen LogP contribution in [0.25, 0.3) is 0 Å². The molecule has 0 amide bonds. The molecular weight excluding hydrogens is 218 g/mol. The van der Waals surface area contributed by atoms with Gasteiger partial charge in [-0.05, 0) is 28.9 Å². The average Bonchev–Trinajstić information content (AvgIpc) is 1.85. The maximum atomic E-state index is 12.0. The zero-order valence-electron chi connectivity index (χ0n) is 5.68. The van der Waals surface area contributed by atoms with Crippen LogP contribution in [0.4, 0.5) is 8.78 Å². The lowest BCUT2D eigenvalue weighted by atomic mass is 10.4. The molecule has 0 spiro atoms. The molecule has 0 aliphatic heterocycles. The lowest BCUT2D eigenvalue weighted by molar-refractivity contribution is 0.140. The SMILES string of the molecule is Cc1cc(Br)nc(C(F)F)n1. The summed E-state index contributed by atoms with van der Waals surface area (Å²) in [6, 6.07) is 1.58. The molecule has 0 atom stereocenters. The molecule has 0 aromatic carbocycles. The van der Waals surface area contributed by atoms with Gasteiger partial charge < -0.3 is 0 Å². The third-order valence-corrected chi connectivity index (χ3v) is 1.44. The van der Waals surface area contributed by atoms with Crippen molar-refractivity contribution in [3.05, 3.63) is 22.2 Å². The Morgan fingerprint density at radius 2 is 2.09 bits per heavy atom. The van der Waals surface area contributed by atoms with Crippen molar-refractivity contribution in [1.29, 1.82) is 0 Å². The fourth-order valence-corrected chi connectivity index (χ4v) is 1.16. The van der Waals surface area contributed by atoms with Gasteiger partial charge in [0, 0.05) is 5.69 Å². The van der Waals surface area contributed by atoms with E-state index in [1.807, 2.05) is 0 Å². The van der Waals surface area contributed by atoms with Crippen molar-refractivity contribution in [2.24, 2.45) is 0 Å². The van der Waals surface area contributed by atoms with Crippen LogP contribution in [0, 0.1) is 6.92 Å². The predicted octanol–water partition coefficient (Wildman–Crippen LogP) is 2.49. The molecule has 0 aliphatic carbocycles. The van der Waals surface area contributed by atoms with Crippen molar-refractivity contribution in [2.45, 2.75) is 13.3 Å². The maximum Gasteiger partial charge on any atom is 0.297 e. The molecule has 0 aliphatic rings. The van der Waals surface area contributed by atoms with Gasteiger partial charge in [-0.3, -0.25) is 0 Å². The number of hydrogen-bond donors (Lipinski definition) is 0. The Hall–Kier alpha value is -0.580. The molecule has 2 nitrogen and oxygen atoms in total. The van der Waals surface area contributed by atoms with Gasteiger partial charge in [0.15, 0.2) is 5.82 Å². The second-order valence-electron chi connectivity index (χ2n) is 1.99. The van der Waals surface area contributed by atoms with Crippen LogP contribution in [0.1, 0.15) is 17.9 Å².